The van der Waals surface area contributed by atoms with Crippen LogP contribution in [-0.2, 0) is 4.74 Å². The van der Waals surface area contributed by atoms with Gasteiger partial charge in [-0.25, -0.2) is 0 Å². The number of rotatable bonds is 0. The topological polar surface area (TPSA) is 29.5 Å². The third-order valence-electron chi connectivity index (χ3n) is 1.41. The lowest BCUT2D eigenvalue weighted by atomic mass is 9.96. The molecule has 44 valence electrons. The van der Waals surface area contributed by atoms with Gasteiger partial charge in [0.05, 0.1) is 12.2 Å². The van der Waals surface area contributed by atoms with Crippen molar-refractivity contribution in [2.45, 2.75) is 31.6 Å². The van der Waals surface area contributed by atoms with Gasteiger partial charge in [-0.1, -0.05) is 0 Å². The molecule has 2 radical (unpaired) electrons. The van der Waals surface area contributed by atoms with Crippen molar-refractivity contribution in [1.82, 2.24) is 0 Å². The number of ether oxygens (including phenoxy) is 1. The van der Waals surface area contributed by atoms with Gasteiger partial charge in [-0.2, -0.15) is 0 Å². The highest BCUT2D eigenvalue weighted by molar-refractivity contribution is 6.11. The molecule has 1 fully saturated rings. The monoisotopic (exact) mass is 112 g/mol. The average molecular weight is 112 g/mol. The van der Waals surface area contributed by atoms with Gasteiger partial charge >= 0.3 is 0 Å². The van der Waals surface area contributed by atoms with Crippen LogP contribution in [0.25, 0.3) is 0 Å². The van der Waals surface area contributed by atoms with Crippen LogP contribution in [0.5, 0.6) is 0 Å². The third kappa shape index (κ3) is 1.04. The first-order valence-electron chi connectivity index (χ1n) is 2.79. The first-order chi connectivity index (χ1) is 3.70. The predicted molar refractivity (Wildman–Crippen MR) is 30.7 cm³/mol. The first-order valence-corrected chi connectivity index (χ1v) is 2.79. The van der Waals surface area contributed by atoms with E-state index in [1.165, 1.54) is 0 Å². The summed E-state index contributed by atoms with van der Waals surface area (Å²) in [7, 11) is 5.33. The molecule has 0 aliphatic carbocycles. The standard InChI is InChI=1S/C5H9BO2/c1-3-4(7)2-5(6)8-3/h3-5,7H,2H2,1H3/t3-,4-,5-/m1/s1. The highest BCUT2D eigenvalue weighted by Gasteiger charge is 2.26. The third-order valence-corrected chi connectivity index (χ3v) is 1.41. The summed E-state index contributed by atoms with van der Waals surface area (Å²) in [5.41, 5.74) is 0. The Bertz CT molecular complexity index is 76.5. The fraction of sp³-hybridized carbons (Fsp3) is 1.00. The quantitative estimate of drug-likeness (QED) is 0.434. The fourth-order valence-corrected chi connectivity index (χ4v) is 0.852. The van der Waals surface area contributed by atoms with Crippen LogP contribution in [0.2, 0.25) is 0 Å². The maximum absolute atomic E-state index is 8.96. The van der Waals surface area contributed by atoms with Crippen LogP contribution in [0.1, 0.15) is 13.3 Å². The summed E-state index contributed by atoms with van der Waals surface area (Å²) in [4.78, 5) is 0. The van der Waals surface area contributed by atoms with E-state index in [9.17, 15) is 0 Å². The molecule has 1 saturated heterocycles. The molecule has 0 bridgehead atoms. The Morgan fingerprint density at radius 2 is 2.38 bits per heavy atom. The Morgan fingerprint density at radius 1 is 1.75 bits per heavy atom. The summed E-state index contributed by atoms with van der Waals surface area (Å²) in [5, 5.41) is 8.96. The van der Waals surface area contributed by atoms with Crippen LogP contribution in [0.4, 0.5) is 0 Å². The van der Waals surface area contributed by atoms with Crippen molar-refractivity contribution < 1.29 is 9.84 Å². The molecular weight excluding hydrogens is 103 g/mol. The molecule has 1 rings (SSSR count). The second-order valence-electron chi connectivity index (χ2n) is 2.18. The molecule has 1 aliphatic rings. The molecular formula is C5H9BO2. The van der Waals surface area contributed by atoms with Crippen molar-refractivity contribution in [2.24, 2.45) is 0 Å². The summed E-state index contributed by atoms with van der Waals surface area (Å²) in [6.07, 6.45) is 0.135. The Labute approximate surface area is 50.3 Å². The maximum Gasteiger partial charge on any atom is 0.109 e. The molecule has 0 saturated carbocycles. The molecule has 2 nitrogen and oxygen atoms in total. The van der Waals surface area contributed by atoms with Crippen LogP contribution in [0.15, 0.2) is 0 Å². The molecule has 3 heteroatoms. The maximum atomic E-state index is 8.96. The minimum atomic E-state index is -0.356. The van der Waals surface area contributed by atoms with Crippen LogP contribution < -0.4 is 0 Å². The second kappa shape index (κ2) is 2.07. The molecule has 1 heterocycles. The zero-order chi connectivity index (χ0) is 6.15. The van der Waals surface area contributed by atoms with E-state index >= 15 is 0 Å². The smallest absolute Gasteiger partial charge is 0.109 e. The van der Waals surface area contributed by atoms with Gasteiger partial charge in [-0.15, -0.1) is 0 Å². The van der Waals surface area contributed by atoms with Gasteiger partial charge in [0.2, 0.25) is 0 Å². The lowest BCUT2D eigenvalue weighted by Gasteiger charge is -2.04. The molecule has 1 aliphatic heterocycles. The van der Waals surface area contributed by atoms with E-state index in [0.717, 1.165) is 0 Å². The van der Waals surface area contributed by atoms with E-state index in [1.54, 1.807) is 0 Å². The Balaban J connectivity index is 2.39. The number of aliphatic hydroxyl groups excluding tert-OH is 1. The zero-order valence-corrected chi connectivity index (χ0v) is 4.87. The van der Waals surface area contributed by atoms with Crippen LogP contribution >= 0.6 is 0 Å². The molecule has 8 heavy (non-hydrogen) atoms. The summed E-state index contributed by atoms with van der Waals surface area (Å²) < 4.78 is 5.00. The average Bonchev–Trinajstić information content (AvgIpc) is 1.85. The summed E-state index contributed by atoms with van der Waals surface area (Å²) in [6, 6.07) is -0.250. The minimum Gasteiger partial charge on any atom is -0.390 e. The highest BCUT2D eigenvalue weighted by Crippen LogP contribution is 2.16. The normalized spacial score (nSPS) is 47.5. The Hall–Kier alpha value is -0.0151. The molecule has 0 aromatic rings. The predicted octanol–water partition coefficient (Wildman–Crippen LogP) is -0.349. The molecule has 0 aromatic carbocycles. The van der Waals surface area contributed by atoms with Crippen LogP contribution in [0, 0.1) is 0 Å². The molecule has 0 aromatic heterocycles. The van der Waals surface area contributed by atoms with Crippen LogP contribution in [0.3, 0.4) is 0 Å². The Kier molecular flexibility index (Phi) is 1.58. The fourth-order valence-electron chi connectivity index (χ4n) is 0.852. The second-order valence-corrected chi connectivity index (χ2v) is 2.18. The SMILES string of the molecule is [B][C@H]1C[C@@H](O)[C@@H](C)O1. The van der Waals surface area contributed by atoms with Gasteiger partial charge in [-0.3, -0.25) is 0 Å². The van der Waals surface area contributed by atoms with E-state index in [1.807, 2.05) is 6.92 Å². The van der Waals surface area contributed by atoms with Gasteiger partial charge in [0.15, 0.2) is 0 Å². The van der Waals surface area contributed by atoms with Gasteiger partial charge in [-0.05, 0) is 13.3 Å². The largest absolute Gasteiger partial charge is 0.390 e. The lowest BCUT2D eigenvalue weighted by Crippen LogP contribution is -2.15. The number of hydrogen-bond donors (Lipinski definition) is 1. The molecule has 0 spiro atoms. The molecule has 0 unspecified atom stereocenters. The van der Waals surface area contributed by atoms with Crippen molar-refractivity contribution in [3.63, 3.8) is 0 Å². The summed E-state index contributed by atoms with van der Waals surface area (Å²) in [6.45, 7) is 1.82. The number of aliphatic hydroxyl groups is 1. The van der Waals surface area contributed by atoms with Gasteiger partial charge < -0.3 is 9.84 Å². The minimum absolute atomic E-state index is 0.0787. The lowest BCUT2D eigenvalue weighted by molar-refractivity contribution is 0.0456. The van der Waals surface area contributed by atoms with Crippen molar-refractivity contribution >= 4 is 7.85 Å². The van der Waals surface area contributed by atoms with E-state index < -0.39 is 0 Å². The molecule has 1 N–H and O–H groups in total. The Morgan fingerprint density at radius 3 is 2.50 bits per heavy atom. The van der Waals surface area contributed by atoms with Gasteiger partial charge in [0, 0.05) is 6.00 Å². The molecule has 0 amide bonds. The van der Waals surface area contributed by atoms with Crippen molar-refractivity contribution in [3.8, 4) is 0 Å². The summed E-state index contributed by atoms with van der Waals surface area (Å²) in [5.74, 6) is 0. The van der Waals surface area contributed by atoms with E-state index in [2.05, 4.69) is 0 Å². The van der Waals surface area contributed by atoms with E-state index in [0.29, 0.717) is 6.42 Å². The van der Waals surface area contributed by atoms with Crippen LogP contribution in [-0.4, -0.2) is 31.2 Å². The highest BCUT2D eigenvalue weighted by atomic mass is 16.5. The number of hydrogen-bond acceptors (Lipinski definition) is 2. The van der Waals surface area contributed by atoms with Crippen molar-refractivity contribution in [3.05, 3.63) is 0 Å². The first kappa shape index (κ1) is 6.11. The van der Waals surface area contributed by atoms with Crippen molar-refractivity contribution in [1.29, 1.82) is 0 Å². The van der Waals surface area contributed by atoms with Crippen molar-refractivity contribution in [2.75, 3.05) is 0 Å². The van der Waals surface area contributed by atoms with E-state index in [-0.39, 0.29) is 18.2 Å². The summed E-state index contributed by atoms with van der Waals surface area (Å²) >= 11 is 0. The van der Waals surface area contributed by atoms with E-state index in [4.69, 9.17) is 17.7 Å². The zero-order valence-electron chi connectivity index (χ0n) is 4.87. The molecule has 3 atom stereocenters. The van der Waals surface area contributed by atoms with Gasteiger partial charge in [0.25, 0.3) is 0 Å². The van der Waals surface area contributed by atoms with Gasteiger partial charge in [0.1, 0.15) is 7.85 Å².